The van der Waals surface area contributed by atoms with Crippen molar-refractivity contribution in [3.8, 4) is 45.3 Å². The molecule has 0 unspecified atom stereocenters. The largest absolute Gasteiger partial charge is 0.456 e. The second-order valence-corrected chi connectivity index (χ2v) is 13.9. The number of rotatable bonds is 4. The van der Waals surface area contributed by atoms with Crippen molar-refractivity contribution < 1.29 is 13.3 Å². The Hall–Kier alpha value is -7.57. The first-order valence-corrected chi connectivity index (χ1v) is 18.3. The zero-order chi connectivity index (χ0) is 36.0. The fourth-order valence-electron chi connectivity index (χ4n) is 8.22. The molecule has 0 atom stereocenters. The van der Waals surface area contributed by atoms with E-state index in [4.69, 9.17) is 28.2 Å². The Bertz CT molecular complexity index is 3500. The first kappa shape index (κ1) is 29.9. The van der Waals surface area contributed by atoms with Crippen molar-refractivity contribution in [2.24, 2.45) is 0 Å². The zero-order valence-corrected chi connectivity index (χ0v) is 29.2. The van der Waals surface area contributed by atoms with Crippen LogP contribution in [-0.4, -0.2) is 15.0 Å². The Balaban J connectivity index is 1.04. The topological polar surface area (TPSA) is 78.1 Å². The van der Waals surface area contributed by atoms with E-state index in [1.807, 2.05) is 72.8 Å². The van der Waals surface area contributed by atoms with Crippen LogP contribution < -0.4 is 0 Å². The Kier molecular flexibility index (Phi) is 6.24. The molecule has 0 fully saturated rings. The zero-order valence-electron chi connectivity index (χ0n) is 29.2. The predicted octanol–water partition coefficient (Wildman–Crippen LogP) is 13.4. The van der Waals surface area contributed by atoms with Crippen LogP contribution in [0.25, 0.3) is 122 Å². The molecule has 6 nitrogen and oxygen atoms in total. The van der Waals surface area contributed by atoms with Crippen molar-refractivity contribution >= 4 is 76.6 Å². The van der Waals surface area contributed by atoms with E-state index in [0.717, 1.165) is 104 Å². The SMILES string of the molecule is c1ccc2c(c1)oc1cccc(-c3ccc(-c4nc(-c5ccc6c(ccc7oc8ccccc8c76)c5)nc(-c5cccc6oc7ccccc7c56)n4)cc3)c12. The highest BCUT2D eigenvalue weighted by molar-refractivity contribution is 6.19. The smallest absolute Gasteiger partial charge is 0.164 e. The van der Waals surface area contributed by atoms with E-state index in [0.29, 0.717) is 17.5 Å². The number of hydrogen-bond donors (Lipinski definition) is 0. The minimum atomic E-state index is 0.576. The Morgan fingerprint density at radius 2 is 0.764 bits per heavy atom. The molecule has 0 bridgehead atoms. The van der Waals surface area contributed by atoms with Gasteiger partial charge in [0.25, 0.3) is 0 Å². The van der Waals surface area contributed by atoms with Crippen LogP contribution in [0.2, 0.25) is 0 Å². The molecule has 55 heavy (non-hydrogen) atoms. The number of fused-ring (bicyclic) bond motifs is 11. The molecular formula is C49H27N3O3. The van der Waals surface area contributed by atoms with Gasteiger partial charge in [-0.1, -0.05) is 121 Å². The maximum absolute atomic E-state index is 6.27. The van der Waals surface area contributed by atoms with Crippen molar-refractivity contribution in [1.82, 2.24) is 15.0 Å². The van der Waals surface area contributed by atoms with E-state index in [9.17, 15) is 0 Å². The highest BCUT2D eigenvalue weighted by Crippen LogP contribution is 2.40. The monoisotopic (exact) mass is 705 g/mol. The van der Waals surface area contributed by atoms with Crippen LogP contribution in [0.1, 0.15) is 0 Å². The van der Waals surface area contributed by atoms with Crippen molar-refractivity contribution in [3.63, 3.8) is 0 Å². The molecule has 6 heteroatoms. The van der Waals surface area contributed by atoms with Crippen LogP contribution in [0.5, 0.6) is 0 Å². The van der Waals surface area contributed by atoms with Gasteiger partial charge in [0.05, 0.1) is 0 Å². The van der Waals surface area contributed by atoms with Crippen LogP contribution in [-0.2, 0) is 0 Å². The summed E-state index contributed by atoms with van der Waals surface area (Å²) in [6, 6.07) is 55.7. The van der Waals surface area contributed by atoms with Crippen molar-refractivity contribution in [1.29, 1.82) is 0 Å². The van der Waals surface area contributed by atoms with Gasteiger partial charge in [0, 0.05) is 49.0 Å². The van der Waals surface area contributed by atoms with Crippen molar-refractivity contribution in [3.05, 3.63) is 164 Å². The van der Waals surface area contributed by atoms with E-state index >= 15 is 0 Å². The molecule has 8 aromatic carbocycles. The standard InChI is InChI=1S/C49H27N3O3/c1-4-14-38-34(9-1)44-32(12-7-17-41(44)53-38)28-19-21-29(22-20-28)47-50-48(52-49(51-47)37-13-8-18-42-46(37)36-11-3-6-16-40(36)54-42)31-23-25-33-30(27-31)24-26-43-45(33)35-10-2-5-15-39(35)55-43/h1-27H. The summed E-state index contributed by atoms with van der Waals surface area (Å²) >= 11 is 0. The number of hydrogen-bond acceptors (Lipinski definition) is 6. The maximum atomic E-state index is 6.27. The van der Waals surface area contributed by atoms with Crippen molar-refractivity contribution in [2.75, 3.05) is 0 Å². The molecule has 12 rings (SSSR count). The van der Waals surface area contributed by atoms with Gasteiger partial charge in [0.2, 0.25) is 0 Å². The number of aromatic nitrogens is 3. The average Bonchev–Trinajstić information content (AvgIpc) is 3.95. The fourth-order valence-corrected chi connectivity index (χ4v) is 8.22. The molecule has 0 saturated carbocycles. The Labute approximate surface area is 312 Å². The first-order valence-electron chi connectivity index (χ1n) is 18.3. The normalized spacial score (nSPS) is 12.0. The molecule has 12 aromatic rings. The van der Waals surface area contributed by atoms with Gasteiger partial charge in [0.15, 0.2) is 17.5 Å². The van der Waals surface area contributed by atoms with E-state index in [1.165, 1.54) is 0 Å². The summed E-state index contributed by atoms with van der Waals surface area (Å²) in [7, 11) is 0. The van der Waals surface area contributed by atoms with E-state index < -0.39 is 0 Å². The number of benzene rings is 8. The maximum Gasteiger partial charge on any atom is 0.164 e. The molecule has 0 saturated heterocycles. The third kappa shape index (κ3) is 4.58. The molecule has 4 aromatic heterocycles. The minimum Gasteiger partial charge on any atom is -0.456 e. The second kappa shape index (κ2) is 11.5. The third-order valence-electron chi connectivity index (χ3n) is 10.8. The van der Waals surface area contributed by atoms with Crippen LogP contribution in [0, 0.1) is 0 Å². The van der Waals surface area contributed by atoms with Gasteiger partial charge in [-0.2, -0.15) is 0 Å². The quantitative estimate of drug-likeness (QED) is 0.181. The van der Waals surface area contributed by atoms with E-state index in [-0.39, 0.29) is 0 Å². The van der Waals surface area contributed by atoms with Crippen molar-refractivity contribution in [2.45, 2.75) is 0 Å². The van der Waals surface area contributed by atoms with Gasteiger partial charge < -0.3 is 13.3 Å². The summed E-state index contributed by atoms with van der Waals surface area (Å²) in [5, 5.41) is 8.60. The number of furan rings is 3. The summed E-state index contributed by atoms with van der Waals surface area (Å²) < 4.78 is 18.7. The third-order valence-corrected chi connectivity index (χ3v) is 10.8. The lowest BCUT2D eigenvalue weighted by molar-refractivity contribution is 0.668. The molecule has 0 N–H and O–H groups in total. The summed E-state index contributed by atoms with van der Waals surface area (Å²) in [6.07, 6.45) is 0. The highest BCUT2D eigenvalue weighted by Gasteiger charge is 2.19. The molecule has 0 aliphatic heterocycles. The predicted molar refractivity (Wildman–Crippen MR) is 221 cm³/mol. The lowest BCUT2D eigenvalue weighted by Crippen LogP contribution is -2.00. The summed E-state index contributed by atoms with van der Waals surface area (Å²) in [5.74, 6) is 1.74. The summed E-state index contributed by atoms with van der Waals surface area (Å²) in [6.45, 7) is 0. The Morgan fingerprint density at radius 1 is 0.291 bits per heavy atom. The first-order chi connectivity index (χ1) is 27.2. The molecule has 0 amide bonds. The summed E-state index contributed by atoms with van der Waals surface area (Å²) in [4.78, 5) is 15.5. The van der Waals surface area contributed by atoms with Crippen LogP contribution >= 0.6 is 0 Å². The van der Waals surface area contributed by atoms with E-state index in [2.05, 4.69) is 91.0 Å². The van der Waals surface area contributed by atoms with Gasteiger partial charge in [-0.3, -0.25) is 0 Å². The molecule has 0 radical (unpaired) electrons. The minimum absolute atomic E-state index is 0.576. The molecule has 0 aliphatic rings. The molecule has 4 heterocycles. The number of nitrogens with zero attached hydrogens (tertiary/aromatic N) is 3. The highest BCUT2D eigenvalue weighted by atomic mass is 16.3. The molecule has 256 valence electrons. The molecular weight excluding hydrogens is 679 g/mol. The van der Waals surface area contributed by atoms with Gasteiger partial charge in [0.1, 0.15) is 33.5 Å². The van der Waals surface area contributed by atoms with E-state index in [1.54, 1.807) is 0 Å². The van der Waals surface area contributed by atoms with Gasteiger partial charge in [-0.15, -0.1) is 0 Å². The lowest BCUT2D eigenvalue weighted by Gasteiger charge is -2.11. The van der Waals surface area contributed by atoms with Gasteiger partial charge in [-0.05, 0) is 64.4 Å². The summed E-state index contributed by atoms with van der Waals surface area (Å²) in [5.41, 5.74) is 9.95. The van der Waals surface area contributed by atoms with Crippen LogP contribution in [0.15, 0.2) is 177 Å². The lowest BCUT2D eigenvalue weighted by atomic mass is 9.98. The number of para-hydroxylation sites is 3. The fraction of sp³-hybridized carbons (Fsp3) is 0. The average molecular weight is 706 g/mol. The molecule has 0 spiro atoms. The Morgan fingerprint density at radius 3 is 1.42 bits per heavy atom. The molecule has 0 aliphatic carbocycles. The second-order valence-electron chi connectivity index (χ2n) is 13.9. The van der Waals surface area contributed by atoms with Crippen LogP contribution in [0.4, 0.5) is 0 Å². The van der Waals surface area contributed by atoms with Crippen LogP contribution in [0.3, 0.4) is 0 Å². The van der Waals surface area contributed by atoms with Gasteiger partial charge in [-0.25, -0.2) is 15.0 Å². The van der Waals surface area contributed by atoms with Gasteiger partial charge >= 0.3 is 0 Å².